The van der Waals surface area contributed by atoms with Crippen LogP contribution in [0.5, 0.6) is 0 Å². The van der Waals surface area contributed by atoms with Gasteiger partial charge in [-0.2, -0.15) is 0 Å². The van der Waals surface area contributed by atoms with Crippen LogP contribution in [0.3, 0.4) is 0 Å². The van der Waals surface area contributed by atoms with Crippen LogP contribution in [0, 0.1) is 0 Å². The number of rotatable bonds is 11. The van der Waals surface area contributed by atoms with Crippen molar-refractivity contribution in [3.05, 3.63) is 0 Å². The zero-order valence-corrected chi connectivity index (χ0v) is 11.9. The fourth-order valence-electron chi connectivity index (χ4n) is 1.46. The maximum Gasteiger partial charge on any atom is 0.303 e. The minimum Gasteiger partial charge on any atom is -0.481 e. The number of carbonyl (C=O) groups is 1. The van der Waals surface area contributed by atoms with Gasteiger partial charge in [0.1, 0.15) is 0 Å². The Morgan fingerprint density at radius 3 is 1.68 bits per heavy atom. The molecule has 0 atom stereocenters. The van der Waals surface area contributed by atoms with E-state index in [4.69, 9.17) is 20.4 Å². The lowest BCUT2D eigenvalue weighted by molar-refractivity contribution is -0.137. The summed E-state index contributed by atoms with van der Waals surface area (Å²) in [5, 5.41) is 33.7. The van der Waals surface area contributed by atoms with E-state index < -0.39 is 5.97 Å². The second-order valence-electron chi connectivity index (χ2n) is 4.22. The molecule has 0 radical (unpaired) electrons. The average molecular weight is 279 g/mol. The minimum atomic E-state index is -0.675. The van der Waals surface area contributed by atoms with Gasteiger partial charge in [-0.05, 0) is 6.42 Å². The zero-order valence-electron chi connectivity index (χ0n) is 11.9. The van der Waals surface area contributed by atoms with E-state index >= 15 is 0 Å². The van der Waals surface area contributed by atoms with Crippen LogP contribution in [0.1, 0.15) is 39.0 Å². The first-order valence-electron chi connectivity index (χ1n) is 6.89. The first-order valence-corrected chi connectivity index (χ1v) is 6.89. The van der Waals surface area contributed by atoms with Gasteiger partial charge in [0.25, 0.3) is 0 Å². The SMILES string of the molecule is CCCCCCC(=O)O.OCCN(CCO)CCO. The third-order valence-corrected chi connectivity index (χ3v) is 2.49. The maximum absolute atomic E-state index is 9.96. The number of nitrogens with zero attached hydrogens (tertiary/aromatic N) is 1. The molecule has 0 aromatic heterocycles. The Labute approximate surface area is 115 Å². The molecule has 0 aliphatic rings. The second-order valence-corrected chi connectivity index (χ2v) is 4.22. The molecular weight excluding hydrogens is 250 g/mol. The van der Waals surface area contributed by atoms with Gasteiger partial charge in [-0.3, -0.25) is 9.69 Å². The number of hydrogen-bond donors (Lipinski definition) is 4. The Morgan fingerprint density at radius 1 is 0.895 bits per heavy atom. The first-order chi connectivity index (χ1) is 9.12. The van der Waals surface area contributed by atoms with Gasteiger partial charge in [0.05, 0.1) is 19.8 Å². The Morgan fingerprint density at radius 2 is 1.37 bits per heavy atom. The summed E-state index contributed by atoms with van der Waals surface area (Å²) in [6, 6.07) is 0. The normalized spacial score (nSPS) is 10.2. The second kappa shape index (κ2) is 17.3. The van der Waals surface area contributed by atoms with Gasteiger partial charge in [0.15, 0.2) is 0 Å². The number of hydrogen-bond acceptors (Lipinski definition) is 5. The molecule has 0 aromatic rings. The highest BCUT2D eigenvalue weighted by molar-refractivity contribution is 5.66. The van der Waals surface area contributed by atoms with E-state index in [-0.39, 0.29) is 19.8 Å². The van der Waals surface area contributed by atoms with Gasteiger partial charge < -0.3 is 20.4 Å². The van der Waals surface area contributed by atoms with Crippen molar-refractivity contribution in [1.82, 2.24) is 4.90 Å². The monoisotopic (exact) mass is 279 g/mol. The predicted molar refractivity (Wildman–Crippen MR) is 74.1 cm³/mol. The molecule has 0 saturated heterocycles. The van der Waals surface area contributed by atoms with Crippen LogP contribution in [0.4, 0.5) is 0 Å². The first kappa shape index (κ1) is 20.6. The molecule has 116 valence electrons. The van der Waals surface area contributed by atoms with Crippen LogP contribution >= 0.6 is 0 Å². The molecule has 0 amide bonds. The quantitative estimate of drug-likeness (QED) is 0.406. The molecule has 0 heterocycles. The lowest BCUT2D eigenvalue weighted by Gasteiger charge is -2.17. The zero-order chi connectivity index (χ0) is 14.9. The van der Waals surface area contributed by atoms with Gasteiger partial charge in [-0.15, -0.1) is 0 Å². The number of aliphatic hydroxyl groups excluding tert-OH is 3. The lowest BCUT2D eigenvalue weighted by Crippen LogP contribution is -2.32. The van der Waals surface area contributed by atoms with Crippen molar-refractivity contribution in [3.8, 4) is 0 Å². The third kappa shape index (κ3) is 19.8. The van der Waals surface area contributed by atoms with E-state index in [0.29, 0.717) is 26.1 Å². The van der Waals surface area contributed by atoms with E-state index in [9.17, 15) is 4.79 Å². The molecule has 0 fully saturated rings. The third-order valence-electron chi connectivity index (χ3n) is 2.49. The highest BCUT2D eigenvalue weighted by Gasteiger charge is 2.00. The molecule has 0 saturated carbocycles. The van der Waals surface area contributed by atoms with E-state index in [1.54, 1.807) is 4.90 Å². The molecule has 6 nitrogen and oxygen atoms in total. The number of aliphatic carboxylic acids is 1. The fraction of sp³-hybridized carbons (Fsp3) is 0.923. The fourth-order valence-corrected chi connectivity index (χ4v) is 1.46. The van der Waals surface area contributed by atoms with Gasteiger partial charge in [-0.25, -0.2) is 0 Å². The summed E-state index contributed by atoms with van der Waals surface area (Å²) in [7, 11) is 0. The Balaban J connectivity index is 0. The molecular formula is C13H29NO5. The summed E-state index contributed by atoms with van der Waals surface area (Å²) in [6.07, 6.45) is 4.55. The molecule has 0 aromatic carbocycles. The van der Waals surface area contributed by atoms with Crippen LogP contribution < -0.4 is 0 Å². The van der Waals surface area contributed by atoms with Crippen molar-refractivity contribution in [3.63, 3.8) is 0 Å². The van der Waals surface area contributed by atoms with Crippen LogP contribution in [-0.4, -0.2) is 70.8 Å². The number of unbranched alkanes of at least 4 members (excludes halogenated alkanes) is 3. The highest BCUT2D eigenvalue weighted by Crippen LogP contribution is 2.01. The largest absolute Gasteiger partial charge is 0.481 e. The van der Waals surface area contributed by atoms with Crippen molar-refractivity contribution in [2.45, 2.75) is 39.0 Å². The maximum atomic E-state index is 9.96. The molecule has 0 rings (SSSR count). The number of carboxylic acid groups (broad SMARTS) is 1. The molecule has 6 heteroatoms. The summed E-state index contributed by atoms with van der Waals surface area (Å²) in [4.78, 5) is 11.8. The molecule has 0 bridgehead atoms. The smallest absolute Gasteiger partial charge is 0.303 e. The van der Waals surface area contributed by atoms with Crippen LogP contribution in [-0.2, 0) is 4.79 Å². The molecule has 0 aliphatic heterocycles. The van der Waals surface area contributed by atoms with Crippen molar-refractivity contribution in [1.29, 1.82) is 0 Å². The standard InChI is InChI=1S/C7H14O2.C6H15NO3/c1-2-3-4-5-6-7(8)9;8-4-1-7(2-5-9)3-6-10/h2-6H2,1H3,(H,8,9);8-10H,1-6H2. The molecule has 4 N–H and O–H groups in total. The van der Waals surface area contributed by atoms with Gasteiger partial charge in [-0.1, -0.05) is 26.2 Å². The van der Waals surface area contributed by atoms with Crippen LogP contribution in [0.2, 0.25) is 0 Å². The summed E-state index contributed by atoms with van der Waals surface area (Å²) >= 11 is 0. The van der Waals surface area contributed by atoms with Gasteiger partial charge >= 0.3 is 5.97 Å². The summed E-state index contributed by atoms with van der Waals surface area (Å²) in [5.74, 6) is -0.675. The van der Waals surface area contributed by atoms with Crippen molar-refractivity contribution >= 4 is 5.97 Å². The Kier molecular flexibility index (Phi) is 18.8. The van der Waals surface area contributed by atoms with Crippen molar-refractivity contribution < 1.29 is 25.2 Å². The molecule has 0 spiro atoms. The number of aliphatic hydroxyl groups is 3. The molecule has 19 heavy (non-hydrogen) atoms. The summed E-state index contributed by atoms with van der Waals surface area (Å²) in [6.45, 7) is 3.87. The van der Waals surface area contributed by atoms with E-state index in [1.165, 1.54) is 6.42 Å². The van der Waals surface area contributed by atoms with E-state index in [0.717, 1.165) is 19.3 Å². The van der Waals surface area contributed by atoms with Crippen molar-refractivity contribution in [2.75, 3.05) is 39.5 Å². The van der Waals surface area contributed by atoms with Crippen molar-refractivity contribution in [2.24, 2.45) is 0 Å². The average Bonchev–Trinajstić information content (AvgIpc) is 2.36. The van der Waals surface area contributed by atoms with E-state index in [1.807, 2.05) is 0 Å². The topological polar surface area (TPSA) is 101 Å². The summed E-state index contributed by atoms with van der Waals surface area (Å²) in [5.41, 5.74) is 0. The number of carboxylic acids is 1. The van der Waals surface area contributed by atoms with Crippen LogP contribution in [0.15, 0.2) is 0 Å². The van der Waals surface area contributed by atoms with E-state index in [2.05, 4.69) is 6.92 Å². The molecule has 0 aliphatic carbocycles. The predicted octanol–water partition coefficient (Wildman–Crippen LogP) is 0.307. The minimum absolute atomic E-state index is 0.0694. The highest BCUT2D eigenvalue weighted by atomic mass is 16.4. The molecule has 0 unspecified atom stereocenters. The van der Waals surface area contributed by atoms with Gasteiger partial charge in [0.2, 0.25) is 0 Å². The Bertz CT molecular complexity index is 176. The van der Waals surface area contributed by atoms with Crippen LogP contribution in [0.25, 0.3) is 0 Å². The van der Waals surface area contributed by atoms with Gasteiger partial charge in [0, 0.05) is 26.1 Å². The Hall–Kier alpha value is -0.690. The summed E-state index contributed by atoms with van der Waals surface area (Å²) < 4.78 is 0. The lowest BCUT2D eigenvalue weighted by atomic mass is 10.2.